The number of aromatic nitrogens is 3. The van der Waals surface area contributed by atoms with Crippen LogP contribution < -0.4 is 4.74 Å². The highest BCUT2D eigenvalue weighted by Crippen LogP contribution is 2.13. The van der Waals surface area contributed by atoms with E-state index in [4.69, 9.17) is 20.9 Å². The molecule has 0 unspecified atom stereocenters. The normalized spacial score (nSPS) is 10.3. The van der Waals surface area contributed by atoms with Crippen LogP contribution in [0.1, 0.15) is 11.7 Å². The van der Waals surface area contributed by atoms with Crippen LogP contribution in [0.15, 0.2) is 22.9 Å². The summed E-state index contributed by atoms with van der Waals surface area (Å²) in [6.07, 6.45) is 1.53. The van der Waals surface area contributed by atoms with Crippen molar-refractivity contribution in [3.63, 3.8) is 0 Å². The molecule has 2 aromatic rings. The van der Waals surface area contributed by atoms with E-state index in [0.717, 1.165) is 0 Å². The van der Waals surface area contributed by atoms with Gasteiger partial charge in [-0.3, -0.25) is 0 Å². The third kappa shape index (κ3) is 2.66. The van der Waals surface area contributed by atoms with Gasteiger partial charge in [0.1, 0.15) is 10.9 Å². The number of pyridine rings is 1. The summed E-state index contributed by atoms with van der Waals surface area (Å²) >= 11 is 5.62. The van der Waals surface area contributed by atoms with Crippen LogP contribution in [0.2, 0.25) is 5.15 Å². The van der Waals surface area contributed by atoms with Crippen molar-refractivity contribution < 1.29 is 9.26 Å². The molecule has 78 valence electrons. The van der Waals surface area contributed by atoms with Gasteiger partial charge in [0, 0.05) is 0 Å². The maximum absolute atomic E-state index is 5.62. The first-order valence-corrected chi connectivity index (χ1v) is 4.65. The molecule has 6 heteroatoms. The van der Waals surface area contributed by atoms with Crippen LogP contribution in [-0.4, -0.2) is 15.1 Å². The first-order valence-electron chi connectivity index (χ1n) is 4.27. The first-order chi connectivity index (χ1) is 7.24. The molecule has 0 spiro atoms. The molecule has 0 bridgehead atoms. The van der Waals surface area contributed by atoms with E-state index in [0.29, 0.717) is 22.6 Å². The Balaban J connectivity index is 1.96. The predicted octanol–water partition coefficient (Wildman–Crippen LogP) is 2.01. The van der Waals surface area contributed by atoms with Gasteiger partial charge in [0.25, 0.3) is 5.89 Å². The predicted molar refractivity (Wildman–Crippen MR) is 52.6 cm³/mol. The molecule has 0 saturated carbocycles. The number of ether oxygens (including phenoxy) is 1. The van der Waals surface area contributed by atoms with E-state index in [1.165, 1.54) is 6.20 Å². The van der Waals surface area contributed by atoms with Crippen LogP contribution in [0, 0.1) is 6.92 Å². The average Bonchev–Trinajstić information content (AvgIpc) is 2.64. The molecule has 2 heterocycles. The smallest absolute Gasteiger partial charge is 0.264 e. The fourth-order valence-corrected chi connectivity index (χ4v) is 1.10. The van der Waals surface area contributed by atoms with Gasteiger partial charge in [0.05, 0.1) is 6.20 Å². The van der Waals surface area contributed by atoms with E-state index >= 15 is 0 Å². The molecule has 0 aliphatic heterocycles. The largest absolute Gasteiger partial charge is 0.482 e. The summed E-state index contributed by atoms with van der Waals surface area (Å²) < 4.78 is 10.2. The van der Waals surface area contributed by atoms with Gasteiger partial charge in [0.15, 0.2) is 12.4 Å². The molecule has 0 fully saturated rings. The van der Waals surface area contributed by atoms with Gasteiger partial charge in [-0.15, -0.1) is 0 Å². The summed E-state index contributed by atoms with van der Waals surface area (Å²) in [4.78, 5) is 7.86. The van der Waals surface area contributed by atoms with Crippen molar-refractivity contribution in [3.8, 4) is 5.75 Å². The third-order valence-electron chi connectivity index (χ3n) is 1.63. The van der Waals surface area contributed by atoms with Crippen LogP contribution in [0.4, 0.5) is 0 Å². The van der Waals surface area contributed by atoms with Crippen molar-refractivity contribution >= 4 is 11.6 Å². The van der Waals surface area contributed by atoms with Crippen LogP contribution >= 0.6 is 11.6 Å². The summed E-state index contributed by atoms with van der Waals surface area (Å²) in [5.74, 6) is 1.63. The lowest BCUT2D eigenvalue weighted by Crippen LogP contribution is -1.96. The molecule has 5 nitrogen and oxygen atoms in total. The summed E-state index contributed by atoms with van der Waals surface area (Å²) in [6, 6.07) is 3.37. The second-order valence-corrected chi connectivity index (χ2v) is 3.23. The quantitative estimate of drug-likeness (QED) is 0.748. The summed E-state index contributed by atoms with van der Waals surface area (Å²) in [5, 5.41) is 4.07. The van der Waals surface area contributed by atoms with E-state index in [9.17, 15) is 0 Å². The van der Waals surface area contributed by atoms with Crippen molar-refractivity contribution in [1.82, 2.24) is 15.1 Å². The third-order valence-corrected chi connectivity index (χ3v) is 1.86. The molecule has 0 aliphatic carbocycles. The molecule has 0 saturated heterocycles. The van der Waals surface area contributed by atoms with E-state index in [1.807, 2.05) is 0 Å². The molecule has 15 heavy (non-hydrogen) atoms. The van der Waals surface area contributed by atoms with Gasteiger partial charge >= 0.3 is 0 Å². The number of rotatable bonds is 3. The fraction of sp³-hybridized carbons (Fsp3) is 0.222. The fourth-order valence-electron chi connectivity index (χ4n) is 0.991. The highest BCUT2D eigenvalue weighted by atomic mass is 35.5. The van der Waals surface area contributed by atoms with Crippen molar-refractivity contribution in [3.05, 3.63) is 35.2 Å². The lowest BCUT2D eigenvalue weighted by molar-refractivity contribution is 0.242. The molecule has 0 aromatic carbocycles. The Morgan fingerprint density at radius 3 is 2.93 bits per heavy atom. The van der Waals surface area contributed by atoms with Crippen molar-refractivity contribution in [2.45, 2.75) is 13.5 Å². The minimum absolute atomic E-state index is 0.226. The van der Waals surface area contributed by atoms with Gasteiger partial charge < -0.3 is 9.26 Å². The molecule has 0 amide bonds. The summed E-state index contributed by atoms with van der Waals surface area (Å²) in [6.45, 7) is 1.97. The standard InChI is InChI=1S/C9H8ClN3O2/c1-6-12-9(15-13-6)5-14-7-2-3-8(10)11-4-7/h2-4H,5H2,1H3. The average molecular weight is 226 g/mol. The molecule has 0 atom stereocenters. The van der Waals surface area contributed by atoms with Gasteiger partial charge in [-0.05, 0) is 19.1 Å². The number of hydrogen-bond donors (Lipinski definition) is 0. The van der Waals surface area contributed by atoms with Crippen molar-refractivity contribution in [2.24, 2.45) is 0 Å². The molecule has 2 aromatic heterocycles. The van der Waals surface area contributed by atoms with Crippen molar-refractivity contribution in [1.29, 1.82) is 0 Å². The molecule has 2 rings (SSSR count). The molecule has 0 radical (unpaired) electrons. The zero-order valence-electron chi connectivity index (χ0n) is 7.98. The Morgan fingerprint density at radius 2 is 2.33 bits per heavy atom. The van der Waals surface area contributed by atoms with Gasteiger partial charge in [0.2, 0.25) is 0 Å². The number of hydrogen-bond acceptors (Lipinski definition) is 5. The first kappa shape index (κ1) is 9.92. The number of nitrogens with zero attached hydrogens (tertiary/aromatic N) is 3. The monoisotopic (exact) mass is 225 g/mol. The molecule has 0 N–H and O–H groups in total. The summed E-state index contributed by atoms with van der Waals surface area (Å²) in [5.41, 5.74) is 0. The van der Waals surface area contributed by atoms with Crippen molar-refractivity contribution in [2.75, 3.05) is 0 Å². The van der Waals surface area contributed by atoms with Crippen LogP contribution in [0.25, 0.3) is 0 Å². The van der Waals surface area contributed by atoms with Gasteiger partial charge in [-0.2, -0.15) is 4.98 Å². The van der Waals surface area contributed by atoms with E-state index in [-0.39, 0.29) is 6.61 Å². The maximum Gasteiger partial charge on any atom is 0.264 e. The Bertz CT molecular complexity index is 441. The molecule has 0 aliphatic rings. The second kappa shape index (κ2) is 4.27. The summed E-state index contributed by atoms with van der Waals surface area (Å²) in [7, 11) is 0. The highest BCUT2D eigenvalue weighted by Gasteiger charge is 2.03. The topological polar surface area (TPSA) is 61.0 Å². The number of halogens is 1. The van der Waals surface area contributed by atoms with Gasteiger partial charge in [-0.25, -0.2) is 4.98 Å². The van der Waals surface area contributed by atoms with Crippen LogP contribution in [0.5, 0.6) is 5.75 Å². The van der Waals surface area contributed by atoms with E-state index in [1.54, 1.807) is 19.1 Å². The Kier molecular flexibility index (Phi) is 2.82. The Morgan fingerprint density at radius 1 is 1.47 bits per heavy atom. The molecular weight excluding hydrogens is 218 g/mol. The van der Waals surface area contributed by atoms with E-state index < -0.39 is 0 Å². The zero-order valence-corrected chi connectivity index (χ0v) is 8.73. The van der Waals surface area contributed by atoms with E-state index in [2.05, 4.69) is 15.1 Å². The zero-order chi connectivity index (χ0) is 10.7. The van der Waals surface area contributed by atoms with Crippen LogP contribution in [0.3, 0.4) is 0 Å². The highest BCUT2D eigenvalue weighted by molar-refractivity contribution is 6.29. The molecular formula is C9H8ClN3O2. The van der Waals surface area contributed by atoms with Gasteiger partial charge in [-0.1, -0.05) is 16.8 Å². The lowest BCUT2D eigenvalue weighted by Gasteiger charge is -2.01. The minimum atomic E-state index is 0.226. The second-order valence-electron chi connectivity index (χ2n) is 2.84. The lowest BCUT2D eigenvalue weighted by atomic mass is 10.5. The Hall–Kier alpha value is -1.62. The number of aryl methyl sites for hydroxylation is 1. The van der Waals surface area contributed by atoms with Crippen LogP contribution in [-0.2, 0) is 6.61 Å². The SMILES string of the molecule is Cc1noc(COc2ccc(Cl)nc2)n1. The Labute approximate surface area is 91.0 Å². The minimum Gasteiger partial charge on any atom is -0.482 e. The maximum atomic E-state index is 5.62.